The maximum absolute atomic E-state index is 12.5. The molecule has 3 aromatic rings. The summed E-state index contributed by atoms with van der Waals surface area (Å²) in [4.78, 5) is 25.2. The third-order valence-electron chi connectivity index (χ3n) is 3.41. The van der Waals surface area contributed by atoms with Crippen molar-refractivity contribution >= 4 is 40.1 Å². The molecule has 0 aliphatic rings. The van der Waals surface area contributed by atoms with Crippen LogP contribution in [0, 0.1) is 6.92 Å². The molecule has 3 N–H and O–H groups in total. The molecule has 6 nitrogen and oxygen atoms in total. The lowest BCUT2D eigenvalue weighted by Crippen LogP contribution is -2.23. The summed E-state index contributed by atoms with van der Waals surface area (Å²) in [6, 6.07) is 11.1. The van der Waals surface area contributed by atoms with Gasteiger partial charge in [0.25, 0.3) is 0 Å². The van der Waals surface area contributed by atoms with E-state index in [1.807, 2.05) is 44.2 Å². The van der Waals surface area contributed by atoms with Crippen molar-refractivity contribution in [3.63, 3.8) is 0 Å². The van der Waals surface area contributed by atoms with Gasteiger partial charge in [-0.1, -0.05) is 17.8 Å². The second-order valence-electron chi connectivity index (χ2n) is 5.34. The standard InChI is InChI=1S/C17H17N5OS/c1-10-9-15(18)22-17(20-10)24-11(2)16(23)21-14-7-3-6-13-12(14)5-4-8-19-13/h3-9,11H,1-2H3,(H,21,23)(H2,18,20,22)/t11-/m0/s1. The Balaban J connectivity index is 1.76. The van der Waals surface area contributed by atoms with Gasteiger partial charge in [-0.3, -0.25) is 9.78 Å². The average molecular weight is 339 g/mol. The maximum atomic E-state index is 12.5. The number of benzene rings is 1. The van der Waals surface area contributed by atoms with Crippen LogP contribution in [-0.2, 0) is 4.79 Å². The van der Waals surface area contributed by atoms with Crippen LogP contribution in [0.1, 0.15) is 12.6 Å². The van der Waals surface area contributed by atoms with Gasteiger partial charge in [0.2, 0.25) is 5.91 Å². The van der Waals surface area contributed by atoms with Gasteiger partial charge in [0, 0.05) is 23.3 Å². The highest BCUT2D eigenvalue weighted by molar-refractivity contribution is 8.00. The number of nitrogens with two attached hydrogens (primary N) is 1. The van der Waals surface area contributed by atoms with Crippen LogP contribution >= 0.6 is 11.8 Å². The molecule has 122 valence electrons. The smallest absolute Gasteiger partial charge is 0.237 e. The second kappa shape index (κ2) is 6.84. The predicted octanol–water partition coefficient (Wildman–Crippen LogP) is 3.03. The van der Waals surface area contributed by atoms with Crippen molar-refractivity contribution in [1.29, 1.82) is 0 Å². The Kier molecular flexibility index (Phi) is 4.61. The van der Waals surface area contributed by atoms with Crippen LogP contribution in [0.5, 0.6) is 0 Å². The largest absolute Gasteiger partial charge is 0.384 e. The molecule has 2 heterocycles. The van der Waals surface area contributed by atoms with Crippen molar-refractivity contribution < 1.29 is 4.79 Å². The Morgan fingerprint density at radius 3 is 2.88 bits per heavy atom. The third-order valence-corrected chi connectivity index (χ3v) is 4.37. The first-order chi connectivity index (χ1) is 11.5. The number of anilines is 2. The van der Waals surface area contributed by atoms with Crippen molar-refractivity contribution in [3.05, 3.63) is 48.3 Å². The summed E-state index contributed by atoms with van der Waals surface area (Å²) in [5.41, 5.74) is 8.08. The number of amides is 1. The molecule has 1 atom stereocenters. The summed E-state index contributed by atoms with van der Waals surface area (Å²) in [6.45, 7) is 3.65. The minimum absolute atomic E-state index is 0.125. The number of aryl methyl sites for hydroxylation is 1. The molecule has 2 aromatic heterocycles. The monoisotopic (exact) mass is 339 g/mol. The van der Waals surface area contributed by atoms with Crippen molar-refractivity contribution in [2.24, 2.45) is 0 Å². The van der Waals surface area contributed by atoms with Gasteiger partial charge in [0.05, 0.1) is 16.5 Å². The van der Waals surface area contributed by atoms with E-state index in [1.165, 1.54) is 11.8 Å². The molecular formula is C17H17N5OS. The van der Waals surface area contributed by atoms with E-state index in [2.05, 4.69) is 20.3 Å². The minimum atomic E-state index is -0.363. The molecule has 0 aliphatic heterocycles. The van der Waals surface area contributed by atoms with E-state index in [-0.39, 0.29) is 11.2 Å². The number of nitrogens with zero attached hydrogens (tertiary/aromatic N) is 3. The van der Waals surface area contributed by atoms with Crippen LogP contribution < -0.4 is 11.1 Å². The molecule has 0 radical (unpaired) electrons. The summed E-state index contributed by atoms with van der Waals surface area (Å²) in [7, 11) is 0. The Hall–Kier alpha value is -2.67. The number of carbonyl (C=O) groups is 1. The van der Waals surface area contributed by atoms with Gasteiger partial charge in [-0.2, -0.15) is 0 Å². The van der Waals surface area contributed by atoms with Crippen molar-refractivity contribution in [2.75, 3.05) is 11.1 Å². The average Bonchev–Trinajstić information content (AvgIpc) is 2.54. The molecule has 1 amide bonds. The highest BCUT2D eigenvalue weighted by Crippen LogP contribution is 2.25. The topological polar surface area (TPSA) is 93.8 Å². The molecule has 0 fully saturated rings. The van der Waals surface area contributed by atoms with E-state index < -0.39 is 0 Å². The van der Waals surface area contributed by atoms with Crippen LogP contribution in [0.15, 0.2) is 47.8 Å². The zero-order valence-electron chi connectivity index (χ0n) is 13.4. The van der Waals surface area contributed by atoms with E-state index >= 15 is 0 Å². The van der Waals surface area contributed by atoms with Gasteiger partial charge < -0.3 is 11.1 Å². The number of hydrogen-bond acceptors (Lipinski definition) is 6. The van der Waals surface area contributed by atoms with Crippen molar-refractivity contribution in [2.45, 2.75) is 24.3 Å². The number of carbonyl (C=O) groups excluding carboxylic acids is 1. The van der Waals surface area contributed by atoms with Gasteiger partial charge in [0.15, 0.2) is 5.16 Å². The quantitative estimate of drug-likeness (QED) is 0.560. The summed E-state index contributed by atoms with van der Waals surface area (Å²) < 4.78 is 0. The van der Waals surface area contributed by atoms with Crippen molar-refractivity contribution in [1.82, 2.24) is 15.0 Å². The fraction of sp³-hybridized carbons (Fsp3) is 0.176. The highest BCUT2D eigenvalue weighted by Gasteiger charge is 2.17. The fourth-order valence-corrected chi connectivity index (χ4v) is 3.11. The summed E-state index contributed by atoms with van der Waals surface area (Å²) in [5.74, 6) is 0.276. The molecule has 3 rings (SSSR count). The molecule has 0 bridgehead atoms. The highest BCUT2D eigenvalue weighted by atomic mass is 32.2. The van der Waals surface area contributed by atoms with E-state index in [1.54, 1.807) is 12.3 Å². The number of pyridine rings is 1. The molecule has 0 saturated heterocycles. The number of nitrogens with one attached hydrogen (secondary N) is 1. The van der Waals surface area contributed by atoms with Gasteiger partial charge >= 0.3 is 0 Å². The zero-order valence-corrected chi connectivity index (χ0v) is 14.2. The second-order valence-corrected chi connectivity index (χ2v) is 6.65. The van der Waals surface area contributed by atoms with Crippen LogP contribution in [0.25, 0.3) is 10.9 Å². The molecular weight excluding hydrogens is 322 g/mol. The molecule has 24 heavy (non-hydrogen) atoms. The Bertz CT molecular complexity index is 874. The van der Waals surface area contributed by atoms with Gasteiger partial charge in [-0.25, -0.2) is 9.97 Å². The molecule has 1 aromatic carbocycles. The summed E-state index contributed by atoms with van der Waals surface area (Å²) >= 11 is 1.27. The first-order valence-electron chi connectivity index (χ1n) is 7.45. The van der Waals surface area contributed by atoms with Crippen LogP contribution in [-0.4, -0.2) is 26.1 Å². The molecule has 0 saturated carbocycles. The number of thioether (sulfide) groups is 1. The zero-order chi connectivity index (χ0) is 17.1. The Morgan fingerprint density at radius 2 is 2.08 bits per heavy atom. The molecule has 0 spiro atoms. The van der Waals surface area contributed by atoms with Gasteiger partial charge in [0.1, 0.15) is 5.82 Å². The summed E-state index contributed by atoms with van der Waals surface area (Å²) in [5, 5.41) is 3.98. The van der Waals surface area contributed by atoms with Crippen molar-refractivity contribution in [3.8, 4) is 0 Å². The van der Waals surface area contributed by atoms with Gasteiger partial charge in [-0.15, -0.1) is 0 Å². The first kappa shape index (κ1) is 16.2. The number of rotatable bonds is 4. The van der Waals surface area contributed by atoms with Crippen LogP contribution in [0.3, 0.4) is 0 Å². The predicted molar refractivity (Wildman–Crippen MR) is 96.9 cm³/mol. The number of aromatic nitrogens is 3. The van der Waals surface area contributed by atoms with Crippen LogP contribution in [0.4, 0.5) is 11.5 Å². The Labute approximate surface area is 143 Å². The number of hydrogen-bond donors (Lipinski definition) is 2. The number of nitrogen functional groups attached to an aromatic ring is 1. The van der Waals surface area contributed by atoms with Gasteiger partial charge in [-0.05, 0) is 38.1 Å². The van der Waals surface area contributed by atoms with E-state index in [9.17, 15) is 4.79 Å². The Morgan fingerprint density at radius 1 is 1.25 bits per heavy atom. The van der Waals surface area contributed by atoms with E-state index in [4.69, 9.17) is 5.73 Å². The normalized spacial score (nSPS) is 12.1. The van der Waals surface area contributed by atoms with Crippen LogP contribution in [0.2, 0.25) is 0 Å². The van der Waals surface area contributed by atoms with E-state index in [0.29, 0.717) is 11.0 Å². The number of fused-ring (bicyclic) bond motifs is 1. The lowest BCUT2D eigenvalue weighted by molar-refractivity contribution is -0.115. The lowest BCUT2D eigenvalue weighted by atomic mass is 10.2. The maximum Gasteiger partial charge on any atom is 0.237 e. The third kappa shape index (κ3) is 3.62. The minimum Gasteiger partial charge on any atom is -0.384 e. The lowest BCUT2D eigenvalue weighted by Gasteiger charge is -2.13. The molecule has 0 unspecified atom stereocenters. The molecule has 0 aliphatic carbocycles. The fourth-order valence-electron chi connectivity index (χ4n) is 2.28. The molecule has 7 heteroatoms. The first-order valence-corrected chi connectivity index (χ1v) is 8.33. The SMILES string of the molecule is Cc1cc(N)nc(S[C@@H](C)C(=O)Nc2cccc3ncccc23)n1. The summed E-state index contributed by atoms with van der Waals surface area (Å²) in [6.07, 6.45) is 1.73. The van der Waals surface area contributed by atoms with E-state index in [0.717, 1.165) is 22.3 Å².